The second-order valence-electron chi connectivity index (χ2n) is 4.35. The van der Waals surface area contributed by atoms with Gasteiger partial charge in [-0.2, -0.15) is 0 Å². The van der Waals surface area contributed by atoms with E-state index >= 15 is 0 Å². The minimum absolute atomic E-state index is 0.144. The quantitative estimate of drug-likeness (QED) is 0.742. The van der Waals surface area contributed by atoms with E-state index in [2.05, 4.69) is 24.5 Å². The molecule has 3 nitrogen and oxygen atoms in total. The number of benzene rings is 1. The average molecular weight is 246 g/mol. The van der Waals surface area contributed by atoms with Crippen molar-refractivity contribution in [2.24, 2.45) is 0 Å². The first-order valence-electron chi connectivity index (χ1n) is 6.50. The summed E-state index contributed by atoms with van der Waals surface area (Å²) in [5, 5.41) is 5.50. The van der Waals surface area contributed by atoms with E-state index in [0.29, 0.717) is 0 Å². The van der Waals surface area contributed by atoms with Crippen LogP contribution < -0.4 is 10.6 Å². The molecule has 0 spiro atoms. The fourth-order valence-electron chi connectivity index (χ4n) is 1.52. The first kappa shape index (κ1) is 14.3. The molecule has 3 heteroatoms. The molecule has 98 valence electrons. The predicted molar refractivity (Wildman–Crippen MR) is 76.3 cm³/mol. The monoisotopic (exact) mass is 246 g/mol. The van der Waals surface area contributed by atoms with Gasteiger partial charge in [0, 0.05) is 12.7 Å². The minimum Gasteiger partial charge on any atom is -0.338 e. The maximum atomic E-state index is 11.4. The van der Waals surface area contributed by atoms with Gasteiger partial charge in [0.25, 0.3) is 0 Å². The SMILES string of the molecule is CCCCCNC(=O)N/C=C/c1ccc(C)cc1. The van der Waals surface area contributed by atoms with E-state index in [1.54, 1.807) is 6.20 Å². The Labute approximate surface area is 109 Å². The van der Waals surface area contributed by atoms with Crippen molar-refractivity contribution in [2.45, 2.75) is 33.1 Å². The molecule has 0 fully saturated rings. The Kier molecular flexibility index (Phi) is 6.62. The number of urea groups is 1. The normalized spacial score (nSPS) is 10.6. The summed E-state index contributed by atoms with van der Waals surface area (Å²) in [5.41, 5.74) is 2.31. The Bertz CT molecular complexity index is 382. The Balaban J connectivity index is 2.23. The smallest absolute Gasteiger partial charge is 0.318 e. The van der Waals surface area contributed by atoms with Crippen molar-refractivity contribution < 1.29 is 4.79 Å². The van der Waals surface area contributed by atoms with Crippen LogP contribution in [0.15, 0.2) is 30.5 Å². The van der Waals surface area contributed by atoms with Crippen molar-refractivity contribution in [3.63, 3.8) is 0 Å². The Hall–Kier alpha value is -1.77. The molecule has 0 heterocycles. The Morgan fingerprint density at radius 3 is 2.61 bits per heavy atom. The zero-order valence-electron chi connectivity index (χ0n) is 11.2. The highest BCUT2D eigenvalue weighted by atomic mass is 16.2. The van der Waals surface area contributed by atoms with Crippen LogP contribution in [-0.4, -0.2) is 12.6 Å². The van der Waals surface area contributed by atoms with Crippen LogP contribution in [0.3, 0.4) is 0 Å². The van der Waals surface area contributed by atoms with Crippen LogP contribution in [0.1, 0.15) is 37.3 Å². The number of nitrogens with one attached hydrogen (secondary N) is 2. The maximum Gasteiger partial charge on any atom is 0.318 e. The lowest BCUT2D eigenvalue weighted by Gasteiger charge is -2.03. The van der Waals surface area contributed by atoms with Gasteiger partial charge >= 0.3 is 6.03 Å². The van der Waals surface area contributed by atoms with Crippen LogP contribution in [0.5, 0.6) is 0 Å². The fraction of sp³-hybridized carbons (Fsp3) is 0.400. The molecule has 2 N–H and O–H groups in total. The van der Waals surface area contributed by atoms with E-state index in [9.17, 15) is 4.79 Å². The van der Waals surface area contributed by atoms with Gasteiger partial charge in [-0.1, -0.05) is 49.6 Å². The predicted octanol–water partition coefficient (Wildman–Crippen LogP) is 3.46. The zero-order valence-corrected chi connectivity index (χ0v) is 11.2. The highest BCUT2D eigenvalue weighted by Gasteiger charge is 1.94. The molecule has 0 saturated heterocycles. The molecule has 0 aromatic heterocycles. The van der Waals surface area contributed by atoms with Crippen molar-refractivity contribution >= 4 is 12.1 Å². The van der Waals surface area contributed by atoms with E-state index in [-0.39, 0.29) is 6.03 Å². The summed E-state index contributed by atoms with van der Waals surface area (Å²) in [5.74, 6) is 0. The number of rotatable bonds is 6. The molecule has 0 unspecified atom stereocenters. The Morgan fingerprint density at radius 2 is 1.94 bits per heavy atom. The van der Waals surface area contributed by atoms with Crippen LogP contribution in [-0.2, 0) is 0 Å². The molecule has 1 rings (SSSR count). The van der Waals surface area contributed by atoms with E-state index in [1.807, 2.05) is 30.3 Å². The van der Waals surface area contributed by atoms with E-state index in [4.69, 9.17) is 0 Å². The summed E-state index contributed by atoms with van der Waals surface area (Å²) in [4.78, 5) is 11.4. The Morgan fingerprint density at radius 1 is 1.22 bits per heavy atom. The highest BCUT2D eigenvalue weighted by Crippen LogP contribution is 2.04. The lowest BCUT2D eigenvalue weighted by Crippen LogP contribution is -2.32. The number of unbranched alkanes of at least 4 members (excludes halogenated alkanes) is 2. The highest BCUT2D eigenvalue weighted by molar-refractivity contribution is 5.75. The summed E-state index contributed by atoms with van der Waals surface area (Å²) < 4.78 is 0. The summed E-state index contributed by atoms with van der Waals surface area (Å²) >= 11 is 0. The number of carbonyl (C=O) groups excluding carboxylic acids is 1. The molecular weight excluding hydrogens is 224 g/mol. The second kappa shape index (κ2) is 8.34. The molecule has 0 saturated carbocycles. The third-order valence-electron chi connectivity index (χ3n) is 2.63. The lowest BCUT2D eigenvalue weighted by atomic mass is 10.1. The summed E-state index contributed by atoms with van der Waals surface area (Å²) in [6.07, 6.45) is 6.90. The molecule has 0 atom stereocenters. The molecule has 1 aromatic rings. The average Bonchev–Trinajstić information content (AvgIpc) is 2.37. The van der Waals surface area contributed by atoms with Crippen LogP contribution in [0.25, 0.3) is 6.08 Å². The second-order valence-corrected chi connectivity index (χ2v) is 4.35. The molecule has 0 aliphatic carbocycles. The van der Waals surface area contributed by atoms with Gasteiger partial charge in [-0.25, -0.2) is 4.79 Å². The minimum atomic E-state index is -0.144. The van der Waals surface area contributed by atoms with Gasteiger partial charge < -0.3 is 10.6 Å². The van der Waals surface area contributed by atoms with Gasteiger partial charge in [-0.15, -0.1) is 0 Å². The fourth-order valence-corrected chi connectivity index (χ4v) is 1.52. The summed E-state index contributed by atoms with van der Waals surface area (Å²) in [6.45, 7) is 4.93. The molecule has 1 aromatic carbocycles. The van der Waals surface area contributed by atoms with Crippen molar-refractivity contribution in [3.05, 3.63) is 41.6 Å². The van der Waals surface area contributed by atoms with Gasteiger partial charge in [0.1, 0.15) is 0 Å². The van der Waals surface area contributed by atoms with Crippen molar-refractivity contribution in [2.75, 3.05) is 6.54 Å². The summed E-state index contributed by atoms with van der Waals surface area (Å²) in [7, 11) is 0. The van der Waals surface area contributed by atoms with Crippen LogP contribution in [0.4, 0.5) is 4.79 Å². The van der Waals surface area contributed by atoms with Crippen molar-refractivity contribution in [3.8, 4) is 0 Å². The van der Waals surface area contributed by atoms with Gasteiger partial charge in [-0.3, -0.25) is 0 Å². The topological polar surface area (TPSA) is 41.1 Å². The van der Waals surface area contributed by atoms with Gasteiger partial charge in [0.15, 0.2) is 0 Å². The molecular formula is C15H22N2O. The number of hydrogen-bond acceptors (Lipinski definition) is 1. The third kappa shape index (κ3) is 6.09. The van der Waals surface area contributed by atoms with Crippen LogP contribution >= 0.6 is 0 Å². The van der Waals surface area contributed by atoms with Crippen molar-refractivity contribution in [1.29, 1.82) is 0 Å². The lowest BCUT2D eigenvalue weighted by molar-refractivity contribution is 0.244. The van der Waals surface area contributed by atoms with Crippen LogP contribution in [0, 0.1) is 6.92 Å². The molecule has 0 aliphatic heterocycles. The van der Waals surface area contributed by atoms with Gasteiger partial charge in [-0.05, 0) is 25.0 Å². The summed E-state index contributed by atoms with van der Waals surface area (Å²) in [6, 6.07) is 7.99. The number of aryl methyl sites for hydroxylation is 1. The third-order valence-corrected chi connectivity index (χ3v) is 2.63. The molecule has 0 bridgehead atoms. The first-order chi connectivity index (χ1) is 8.72. The maximum absolute atomic E-state index is 11.4. The number of amides is 2. The van der Waals surface area contributed by atoms with E-state index in [0.717, 1.165) is 31.4 Å². The van der Waals surface area contributed by atoms with E-state index < -0.39 is 0 Å². The number of carbonyl (C=O) groups is 1. The first-order valence-corrected chi connectivity index (χ1v) is 6.50. The van der Waals surface area contributed by atoms with Crippen LogP contribution in [0.2, 0.25) is 0 Å². The molecule has 18 heavy (non-hydrogen) atoms. The van der Waals surface area contributed by atoms with Crippen molar-refractivity contribution in [1.82, 2.24) is 10.6 Å². The molecule has 0 aliphatic rings. The molecule has 2 amide bonds. The zero-order chi connectivity index (χ0) is 13.2. The van der Waals surface area contributed by atoms with Gasteiger partial charge in [0.2, 0.25) is 0 Å². The largest absolute Gasteiger partial charge is 0.338 e. The van der Waals surface area contributed by atoms with E-state index in [1.165, 1.54) is 5.56 Å². The molecule has 0 radical (unpaired) electrons. The standard InChI is InChI=1S/C15H22N2O/c1-3-4-5-11-16-15(18)17-12-10-14-8-6-13(2)7-9-14/h6-10,12H,3-5,11H2,1-2H3,(H2,16,17,18)/b12-10+. The van der Waals surface area contributed by atoms with Gasteiger partial charge in [0.05, 0.1) is 0 Å². The number of hydrogen-bond donors (Lipinski definition) is 2.